The molecule has 30 heavy (non-hydrogen) atoms. The number of hydrogen-bond donors (Lipinski definition) is 1. The van der Waals surface area contributed by atoms with Crippen molar-refractivity contribution < 1.29 is 19.1 Å². The van der Waals surface area contributed by atoms with Gasteiger partial charge in [0.1, 0.15) is 12.2 Å². The van der Waals surface area contributed by atoms with Gasteiger partial charge in [0.15, 0.2) is 0 Å². The molecule has 0 bridgehead atoms. The first-order valence-corrected chi connectivity index (χ1v) is 10.9. The van der Waals surface area contributed by atoms with Crippen LogP contribution in [0, 0.1) is 0 Å². The van der Waals surface area contributed by atoms with Crippen molar-refractivity contribution in [3.8, 4) is 0 Å². The third kappa shape index (κ3) is 3.83. The van der Waals surface area contributed by atoms with Crippen LogP contribution in [0.3, 0.4) is 0 Å². The fourth-order valence-corrected chi connectivity index (χ4v) is 4.60. The molecule has 2 saturated heterocycles. The molecule has 156 valence electrons. The highest BCUT2D eigenvalue weighted by Crippen LogP contribution is 2.22. The first-order valence-electron chi connectivity index (χ1n) is 9.92. The van der Waals surface area contributed by atoms with E-state index in [0.29, 0.717) is 38.3 Å². The molecule has 0 aromatic carbocycles. The summed E-state index contributed by atoms with van der Waals surface area (Å²) in [6, 6.07) is 7.31. The number of carbonyl (C=O) groups is 2. The van der Waals surface area contributed by atoms with E-state index in [9.17, 15) is 9.59 Å². The van der Waals surface area contributed by atoms with Gasteiger partial charge in [0.05, 0.1) is 43.0 Å². The lowest BCUT2D eigenvalue weighted by atomic mass is 10.2. The van der Waals surface area contributed by atoms with Crippen molar-refractivity contribution in [1.29, 1.82) is 0 Å². The third-order valence-corrected chi connectivity index (χ3v) is 6.26. The second-order valence-corrected chi connectivity index (χ2v) is 8.39. The van der Waals surface area contributed by atoms with E-state index in [1.807, 2.05) is 39.9 Å². The van der Waals surface area contributed by atoms with E-state index >= 15 is 0 Å². The summed E-state index contributed by atoms with van der Waals surface area (Å²) in [4.78, 5) is 27.1. The van der Waals surface area contributed by atoms with Crippen LogP contribution in [0.25, 0.3) is 5.52 Å². The molecule has 0 spiro atoms. The highest BCUT2D eigenvalue weighted by molar-refractivity contribution is 7.08. The van der Waals surface area contributed by atoms with Crippen molar-refractivity contribution in [2.45, 2.75) is 24.7 Å². The molecule has 3 aromatic rings. The summed E-state index contributed by atoms with van der Waals surface area (Å²) in [5.74, 6) is -0.111. The number of ether oxygens (including phenoxy) is 2. The molecule has 2 amide bonds. The number of hydrogen-bond acceptors (Lipinski definition) is 6. The van der Waals surface area contributed by atoms with Crippen molar-refractivity contribution in [2.75, 3.05) is 26.3 Å². The van der Waals surface area contributed by atoms with Gasteiger partial charge in [-0.05, 0) is 34.5 Å². The van der Waals surface area contributed by atoms with Gasteiger partial charge in [0.2, 0.25) is 5.91 Å². The zero-order chi connectivity index (χ0) is 20.5. The lowest BCUT2D eigenvalue weighted by molar-refractivity contribution is -0.130. The molecule has 0 radical (unpaired) electrons. The molecular formula is C21H22N4O4S. The Morgan fingerprint density at radius 3 is 2.70 bits per heavy atom. The van der Waals surface area contributed by atoms with E-state index in [1.54, 1.807) is 28.2 Å². The van der Waals surface area contributed by atoms with Crippen molar-refractivity contribution >= 4 is 28.7 Å². The van der Waals surface area contributed by atoms with Gasteiger partial charge in [-0.1, -0.05) is 6.07 Å². The molecule has 2 aliphatic rings. The van der Waals surface area contributed by atoms with Crippen molar-refractivity contribution in [3.63, 3.8) is 0 Å². The number of pyridine rings is 1. The number of amides is 2. The minimum absolute atomic E-state index is 0.0895. The Labute approximate surface area is 177 Å². The van der Waals surface area contributed by atoms with Gasteiger partial charge in [-0.2, -0.15) is 16.4 Å². The summed E-state index contributed by atoms with van der Waals surface area (Å²) in [6.45, 7) is 1.72. The first-order chi connectivity index (χ1) is 14.7. The molecule has 0 saturated carbocycles. The maximum Gasteiger partial charge on any atom is 0.255 e. The van der Waals surface area contributed by atoms with Crippen LogP contribution in [0.15, 0.2) is 47.4 Å². The molecule has 8 nitrogen and oxygen atoms in total. The number of likely N-dealkylation sites (tertiary alicyclic amines) is 1. The van der Waals surface area contributed by atoms with Crippen LogP contribution >= 0.6 is 11.3 Å². The summed E-state index contributed by atoms with van der Waals surface area (Å²) in [5.41, 5.74) is 2.31. The van der Waals surface area contributed by atoms with Crippen molar-refractivity contribution in [1.82, 2.24) is 19.8 Å². The van der Waals surface area contributed by atoms with E-state index in [-0.39, 0.29) is 30.1 Å². The molecule has 5 heterocycles. The van der Waals surface area contributed by atoms with E-state index < -0.39 is 0 Å². The summed E-state index contributed by atoms with van der Waals surface area (Å²) in [6.07, 6.45) is 3.43. The molecule has 5 rings (SSSR count). The van der Waals surface area contributed by atoms with Crippen molar-refractivity contribution in [3.05, 3.63) is 58.5 Å². The number of carbonyl (C=O) groups excluding carboxylic acids is 2. The maximum absolute atomic E-state index is 12.7. The van der Waals surface area contributed by atoms with Gasteiger partial charge < -0.3 is 19.7 Å². The minimum atomic E-state index is -0.253. The predicted octanol–water partition coefficient (Wildman–Crippen LogP) is 1.36. The summed E-state index contributed by atoms with van der Waals surface area (Å²) < 4.78 is 13.7. The summed E-state index contributed by atoms with van der Waals surface area (Å²) in [7, 11) is 0. The van der Waals surface area contributed by atoms with Crippen molar-refractivity contribution in [2.24, 2.45) is 0 Å². The van der Waals surface area contributed by atoms with E-state index in [2.05, 4.69) is 10.4 Å². The topological polar surface area (TPSA) is 85.2 Å². The molecular weight excluding hydrogens is 404 g/mol. The normalized spacial score (nSPS) is 22.1. The second-order valence-electron chi connectivity index (χ2n) is 7.61. The van der Waals surface area contributed by atoms with Gasteiger partial charge in [-0.25, -0.2) is 4.52 Å². The van der Waals surface area contributed by atoms with Crippen LogP contribution in [-0.2, 0) is 20.7 Å². The monoisotopic (exact) mass is 426 g/mol. The largest absolute Gasteiger partial charge is 0.371 e. The van der Waals surface area contributed by atoms with Crippen LogP contribution in [0.4, 0.5) is 0 Å². The Morgan fingerprint density at radius 1 is 1.17 bits per heavy atom. The zero-order valence-corrected chi connectivity index (χ0v) is 17.1. The first kappa shape index (κ1) is 19.2. The molecule has 0 unspecified atom stereocenters. The molecule has 3 aromatic heterocycles. The smallest absolute Gasteiger partial charge is 0.255 e. The molecule has 1 N–H and O–H groups in total. The van der Waals surface area contributed by atoms with Gasteiger partial charge in [-0.3, -0.25) is 9.59 Å². The number of nitrogens with one attached hydrogen (secondary N) is 1. The lowest BCUT2D eigenvalue weighted by Gasteiger charge is -2.19. The standard InChI is InChI=1S/C21H22N4O4S/c26-20(7-14-4-6-30-13-14)24-9-18-19(10-24)29-12-15(11-28-18)23-21(27)16-8-22-25-5-2-1-3-17(16)25/h1-6,8,13,15,18-19H,7,9-12H2,(H,23,27)/t18-,19-/m0/s1. The predicted molar refractivity (Wildman–Crippen MR) is 111 cm³/mol. The third-order valence-electron chi connectivity index (χ3n) is 5.53. The second kappa shape index (κ2) is 8.17. The fraction of sp³-hybridized carbons (Fsp3) is 0.381. The van der Waals surface area contributed by atoms with Crippen LogP contribution in [-0.4, -0.2) is 70.9 Å². The molecule has 9 heteroatoms. The SMILES string of the molecule is O=C(NC1CO[C@H]2CN(C(=O)Cc3ccsc3)C[C@@H]2OC1)c1cnn2ccccc12. The van der Waals surface area contributed by atoms with E-state index in [1.165, 1.54) is 0 Å². The Bertz CT molecular complexity index is 1030. The van der Waals surface area contributed by atoms with Crippen LogP contribution in [0.5, 0.6) is 0 Å². The number of fused-ring (bicyclic) bond motifs is 2. The number of nitrogens with zero attached hydrogens (tertiary/aromatic N) is 3. The molecule has 0 aliphatic carbocycles. The van der Waals surface area contributed by atoms with Gasteiger partial charge in [0.25, 0.3) is 5.91 Å². The summed E-state index contributed by atoms with van der Waals surface area (Å²) in [5, 5.41) is 11.2. The Hall–Kier alpha value is -2.75. The summed E-state index contributed by atoms with van der Waals surface area (Å²) >= 11 is 1.59. The van der Waals surface area contributed by atoms with Gasteiger partial charge >= 0.3 is 0 Å². The van der Waals surface area contributed by atoms with Crippen LogP contribution in [0.1, 0.15) is 15.9 Å². The molecule has 2 atom stereocenters. The number of aromatic nitrogens is 2. The Kier molecular flexibility index (Phi) is 5.24. The maximum atomic E-state index is 12.7. The van der Waals surface area contributed by atoms with Crippen LogP contribution in [0.2, 0.25) is 0 Å². The highest BCUT2D eigenvalue weighted by Gasteiger charge is 2.39. The Balaban J connectivity index is 1.17. The lowest BCUT2D eigenvalue weighted by Crippen LogP contribution is -2.41. The fourth-order valence-electron chi connectivity index (χ4n) is 3.93. The minimum Gasteiger partial charge on any atom is -0.371 e. The van der Waals surface area contributed by atoms with E-state index in [0.717, 1.165) is 11.1 Å². The molecule has 2 aliphatic heterocycles. The average molecular weight is 426 g/mol. The quantitative estimate of drug-likeness (QED) is 0.681. The number of thiophene rings is 1. The Morgan fingerprint density at radius 2 is 1.97 bits per heavy atom. The highest BCUT2D eigenvalue weighted by atomic mass is 32.1. The van der Waals surface area contributed by atoms with Crippen LogP contribution < -0.4 is 5.32 Å². The van der Waals surface area contributed by atoms with E-state index in [4.69, 9.17) is 9.47 Å². The average Bonchev–Trinajstić information content (AvgIpc) is 3.47. The molecule has 2 fully saturated rings. The number of rotatable bonds is 4. The zero-order valence-electron chi connectivity index (χ0n) is 16.3. The van der Waals surface area contributed by atoms with Gasteiger partial charge in [-0.15, -0.1) is 0 Å². The van der Waals surface area contributed by atoms with Gasteiger partial charge in [0, 0.05) is 19.3 Å².